The van der Waals surface area contributed by atoms with Crippen LogP contribution in [0, 0.1) is 6.92 Å². The molecule has 0 aliphatic carbocycles. The third kappa shape index (κ3) is 5.51. The van der Waals surface area contributed by atoms with Gasteiger partial charge in [0, 0.05) is 31.7 Å². The molecule has 0 aliphatic heterocycles. The summed E-state index contributed by atoms with van der Waals surface area (Å²) in [5, 5.41) is 0.153. The van der Waals surface area contributed by atoms with Crippen molar-refractivity contribution < 1.29 is 27.4 Å². The first kappa shape index (κ1) is 25.9. The molecule has 180 valence electrons. The lowest BCUT2D eigenvalue weighted by atomic mass is 10.2. The van der Waals surface area contributed by atoms with Gasteiger partial charge in [0.25, 0.3) is 5.56 Å². The second-order valence-electron chi connectivity index (χ2n) is 7.52. The van der Waals surface area contributed by atoms with E-state index in [2.05, 4.69) is 0 Å². The van der Waals surface area contributed by atoms with Gasteiger partial charge in [-0.3, -0.25) is 13.9 Å². The standard InChI is InChI=1S/C19H27F3N4O5S/c1-10(2)26-15(27)14-11(3)12(8-24(17(23)28)9-13(30-4)31-5)32-16(14)25(18(26)29)7-6-19(20,21)22/h10,13H,6-9H2,1-5H3,(H2,23,28). The van der Waals surface area contributed by atoms with Crippen LogP contribution in [0.4, 0.5) is 18.0 Å². The number of carbonyl (C=O) groups excluding carboxylic acids is 1. The van der Waals surface area contributed by atoms with Crippen molar-refractivity contribution in [2.45, 2.75) is 58.8 Å². The number of hydrogen-bond donors (Lipinski definition) is 1. The number of hydrogen-bond acceptors (Lipinski definition) is 6. The zero-order chi connectivity index (χ0) is 24.4. The van der Waals surface area contributed by atoms with Gasteiger partial charge in [-0.2, -0.15) is 13.2 Å². The number of fused-ring (bicyclic) bond motifs is 1. The number of nitrogens with zero attached hydrogens (tertiary/aromatic N) is 3. The largest absolute Gasteiger partial charge is 0.390 e. The highest BCUT2D eigenvalue weighted by Gasteiger charge is 2.29. The third-order valence-corrected chi connectivity index (χ3v) is 6.32. The van der Waals surface area contributed by atoms with E-state index < -0.39 is 48.8 Å². The number of nitrogens with two attached hydrogens (primary N) is 1. The second kappa shape index (κ2) is 10.0. The van der Waals surface area contributed by atoms with E-state index in [1.165, 1.54) is 19.1 Å². The average Bonchev–Trinajstić information content (AvgIpc) is 2.99. The van der Waals surface area contributed by atoms with Crippen LogP contribution in [0.15, 0.2) is 9.59 Å². The molecule has 0 bridgehead atoms. The van der Waals surface area contributed by atoms with Crippen molar-refractivity contribution >= 4 is 27.6 Å². The van der Waals surface area contributed by atoms with Crippen molar-refractivity contribution in [2.24, 2.45) is 5.73 Å². The van der Waals surface area contributed by atoms with E-state index in [9.17, 15) is 27.6 Å². The molecule has 0 unspecified atom stereocenters. The SMILES string of the molecule is COC(CN(Cc1sc2c(c1C)c(=O)n(C(C)C)c(=O)n2CCC(F)(F)F)C(N)=O)OC. The summed E-state index contributed by atoms with van der Waals surface area (Å²) >= 11 is 0.989. The smallest absolute Gasteiger partial charge is 0.354 e. The van der Waals surface area contributed by atoms with E-state index >= 15 is 0 Å². The lowest BCUT2D eigenvalue weighted by Crippen LogP contribution is -2.41. The van der Waals surface area contributed by atoms with Crippen molar-refractivity contribution in [1.29, 1.82) is 0 Å². The fraction of sp³-hybridized carbons (Fsp3) is 0.632. The predicted molar refractivity (Wildman–Crippen MR) is 114 cm³/mol. The number of halogens is 3. The minimum atomic E-state index is -4.47. The topological polar surface area (TPSA) is 109 Å². The summed E-state index contributed by atoms with van der Waals surface area (Å²) in [6.45, 7) is 4.18. The molecule has 32 heavy (non-hydrogen) atoms. The molecule has 2 heterocycles. The molecule has 0 aliphatic rings. The van der Waals surface area contributed by atoms with Crippen molar-refractivity contribution in [3.63, 3.8) is 0 Å². The Bertz CT molecular complexity index is 1090. The minimum absolute atomic E-state index is 0.00682. The quantitative estimate of drug-likeness (QED) is 0.555. The predicted octanol–water partition coefficient (Wildman–Crippen LogP) is 2.57. The Hall–Kier alpha value is -2.38. The molecule has 0 atom stereocenters. The molecule has 0 fully saturated rings. The maximum atomic E-state index is 13.1. The summed E-state index contributed by atoms with van der Waals surface area (Å²) in [7, 11) is 2.79. The van der Waals surface area contributed by atoms with E-state index in [4.69, 9.17) is 15.2 Å². The van der Waals surface area contributed by atoms with Crippen LogP contribution in [0.5, 0.6) is 0 Å². The van der Waals surface area contributed by atoms with Gasteiger partial charge in [-0.25, -0.2) is 9.59 Å². The average molecular weight is 481 g/mol. The molecule has 0 aromatic carbocycles. The Labute approximate surface area is 186 Å². The van der Waals surface area contributed by atoms with Crippen LogP contribution in [0.25, 0.3) is 10.2 Å². The summed E-state index contributed by atoms with van der Waals surface area (Å²) in [6.07, 6.45) is -6.45. The van der Waals surface area contributed by atoms with Crippen LogP contribution in [0.2, 0.25) is 0 Å². The van der Waals surface area contributed by atoms with Gasteiger partial charge in [-0.05, 0) is 26.3 Å². The number of carbonyl (C=O) groups is 1. The third-order valence-electron chi connectivity index (χ3n) is 5.02. The Morgan fingerprint density at radius 2 is 1.81 bits per heavy atom. The molecular formula is C19H27F3N4O5S. The van der Waals surface area contributed by atoms with E-state index in [0.29, 0.717) is 10.4 Å². The van der Waals surface area contributed by atoms with Crippen molar-refractivity contribution in [1.82, 2.24) is 14.0 Å². The summed E-state index contributed by atoms with van der Waals surface area (Å²) in [5.74, 6) is 0. The highest BCUT2D eigenvalue weighted by Crippen LogP contribution is 2.30. The molecule has 2 aromatic rings. The molecule has 9 nitrogen and oxygen atoms in total. The maximum absolute atomic E-state index is 13.1. The van der Waals surface area contributed by atoms with Crippen LogP contribution in [-0.2, 0) is 22.6 Å². The molecule has 13 heteroatoms. The van der Waals surface area contributed by atoms with E-state index in [0.717, 1.165) is 20.5 Å². The molecule has 0 spiro atoms. The van der Waals surface area contributed by atoms with Crippen LogP contribution in [-0.4, -0.2) is 53.3 Å². The molecule has 0 radical (unpaired) electrons. The van der Waals surface area contributed by atoms with E-state index in [1.54, 1.807) is 20.8 Å². The van der Waals surface area contributed by atoms with E-state index in [1.807, 2.05) is 0 Å². The first-order chi connectivity index (χ1) is 14.8. The van der Waals surface area contributed by atoms with Gasteiger partial charge in [-0.1, -0.05) is 0 Å². The first-order valence-corrected chi connectivity index (χ1v) is 10.6. The lowest BCUT2D eigenvalue weighted by Gasteiger charge is -2.24. The zero-order valence-electron chi connectivity index (χ0n) is 18.5. The number of alkyl halides is 3. The number of aromatic nitrogens is 2. The summed E-state index contributed by atoms with van der Waals surface area (Å²) < 4.78 is 50.8. The minimum Gasteiger partial charge on any atom is -0.354 e. The van der Waals surface area contributed by atoms with Crippen molar-refractivity contribution in [2.75, 3.05) is 20.8 Å². The number of thiophene rings is 1. The molecule has 0 saturated heterocycles. The van der Waals surface area contributed by atoms with Crippen molar-refractivity contribution in [3.05, 3.63) is 31.3 Å². The number of amides is 2. The highest BCUT2D eigenvalue weighted by molar-refractivity contribution is 7.18. The van der Waals surface area contributed by atoms with Crippen molar-refractivity contribution in [3.8, 4) is 0 Å². The first-order valence-electron chi connectivity index (χ1n) is 9.76. The second-order valence-corrected chi connectivity index (χ2v) is 8.60. The number of rotatable bonds is 9. The van der Waals surface area contributed by atoms with Gasteiger partial charge in [0.15, 0.2) is 6.29 Å². The molecule has 2 amide bonds. The van der Waals surface area contributed by atoms with Crippen LogP contribution < -0.4 is 17.0 Å². The number of ether oxygens (including phenoxy) is 2. The molecule has 2 N–H and O–H groups in total. The van der Waals surface area contributed by atoms with Gasteiger partial charge >= 0.3 is 17.9 Å². The molecule has 2 aromatic heterocycles. The molecule has 2 rings (SSSR count). The molecular weight excluding hydrogens is 453 g/mol. The fourth-order valence-electron chi connectivity index (χ4n) is 3.28. The monoisotopic (exact) mass is 480 g/mol. The Kier molecular flexibility index (Phi) is 8.12. The molecule has 0 saturated carbocycles. The van der Waals surface area contributed by atoms with Gasteiger partial charge in [0.2, 0.25) is 0 Å². The summed E-state index contributed by atoms with van der Waals surface area (Å²) in [4.78, 5) is 39.8. The summed E-state index contributed by atoms with van der Waals surface area (Å²) in [5.41, 5.74) is 4.55. The zero-order valence-corrected chi connectivity index (χ0v) is 19.3. The number of aryl methyl sites for hydroxylation is 2. The fourth-order valence-corrected chi connectivity index (χ4v) is 4.61. The highest BCUT2D eigenvalue weighted by atomic mass is 32.1. The van der Waals surface area contributed by atoms with Gasteiger partial charge < -0.3 is 20.1 Å². The summed E-state index contributed by atoms with van der Waals surface area (Å²) in [6, 6.07) is -1.32. The Balaban J connectivity index is 2.66. The Morgan fingerprint density at radius 1 is 1.22 bits per heavy atom. The van der Waals surface area contributed by atoms with Gasteiger partial charge in [-0.15, -0.1) is 11.3 Å². The van der Waals surface area contributed by atoms with E-state index in [-0.39, 0.29) is 23.3 Å². The van der Waals surface area contributed by atoms with Crippen LogP contribution >= 0.6 is 11.3 Å². The number of urea groups is 1. The Morgan fingerprint density at radius 3 is 2.28 bits per heavy atom. The number of methoxy groups -OCH3 is 2. The maximum Gasteiger partial charge on any atom is 0.390 e. The van der Waals surface area contributed by atoms with Crippen LogP contribution in [0.3, 0.4) is 0 Å². The number of primary amides is 1. The van der Waals surface area contributed by atoms with Gasteiger partial charge in [0.1, 0.15) is 4.83 Å². The normalized spacial score (nSPS) is 12.3. The van der Waals surface area contributed by atoms with Crippen LogP contribution in [0.1, 0.15) is 36.8 Å². The lowest BCUT2D eigenvalue weighted by molar-refractivity contribution is -0.136. The van der Waals surface area contributed by atoms with Gasteiger partial charge in [0.05, 0.1) is 24.9 Å².